The molecule has 0 saturated heterocycles. The number of benzene rings is 1. The molecular weight excluding hydrogens is 300 g/mol. The van der Waals surface area contributed by atoms with E-state index in [0.717, 1.165) is 43.4 Å². The molecule has 0 bridgehead atoms. The summed E-state index contributed by atoms with van der Waals surface area (Å²) in [6.07, 6.45) is 4.77. The van der Waals surface area contributed by atoms with Gasteiger partial charge in [-0.3, -0.25) is 0 Å². The maximum atomic E-state index is 9.88. The van der Waals surface area contributed by atoms with Crippen molar-refractivity contribution in [3.8, 4) is 6.07 Å². The van der Waals surface area contributed by atoms with Crippen LogP contribution in [-0.4, -0.2) is 28.0 Å². The van der Waals surface area contributed by atoms with E-state index in [1.54, 1.807) is 0 Å². The molecule has 24 heavy (non-hydrogen) atoms. The number of aliphatic hydroxyl groups is 1. The summed E-state index contributed by atoms with van der Waals surface area (Å²) in [6, 6.07) is 10.6. The number of aromatic nitrogens is 2. The lowest BCUT2D eigenvalue weighted by Gasteiger charge is -2.37. The highest BCUT2D eigenvalue weighted by molar-refractivity contribution is 5.60. The number of fused-ring (bicyclic) bond motifs is 2. The van der Waals surface area contributed by atoms with Crippen LogP contribution in [0.25, 0.3) is 0 Å². The van der Waals surface area contributed by atoms with Crippen LogP contribution in [0.2, 0.25) is 0 Å². The minimum atomic E-state index is -0.0667. The van der Waals surface area contributed by atoms with Crippen LogP contribution < -0.4 is 4.90 Å². The van der Waals surface area contributed by atoms with E-state index in [1.807, 2.05) is 12.1 Å². The first-order chi connectivity index (χ1) is 11.8. The Morgan fingerprint density at radius 3 is 2.75 bits per heavy atom. The number of rotatable bonds is 2. The van der Waals surface area contributed by atoms with E-state index in [4.69, 9.17) is 0 Å². The largest absolute Gasteiger partial charge is 0.394 e. The van der Waals surface area contributed by atoms with Crippen LogP contribution >= 0.6 is 0 Å². The summed E-state index contributed by atoms with van der Waals surface area (Å²) in [5.41, 5.74) is 5.17. The van der Waals surface area contributed by atoms with Crippen molar-refractivity contribution in [2.75, 3.05) is 11.5 Å². The SMILES string of the molecule is N#Cc1c(N2Cc3ccccc3C[C@@H]2CO)nnc2c1CCCC2. The molecule has 0 saturated carbocycles. The molecule has 1 aromatic heterocycles. The Labute approximate surface area is 141 Å². The van der Waals surface area contributed by atoms with Gasteiger partial charge in [0.05, 0.1) is 18.3 Å². The highest BCUT2D eigenvalue weighted by Crippen LogP contribution is 2.32. The molecule has 1 aromatic carbocycles. The summed E-state index contributed by atoms with van der Waals surface area (Å²) in [7, 11) is 0. The quantitative estimate of drug-likeness (QED) is 0.918. The molecule has 5 nitrogen and oxygen atoms in total. The second kappa shape index (κ2) is 6.21. The lowest BCUT2D eigenvalue weighted by atomic mass is 9.91. The molecule has 4 rings (SSSR count). The molecule has 122 valence electrons. The fourth-order valence-electron chi connectivity index (χ4n) is 3.88. The average molecular weight is 320 g/mol. The second-order valence-corrected chi connectivity index (χ2v) is 6.58. The predicted octanol–water partition coefficient (Wildman–Crippen LogP) is 2.15. The van der Waals surface area contributed by atoms with Crippen molar-refractivity contribution >= 4 is 5.82 Å². The van der Waals surface area contributed by atoms with E-state index in [2.05, 4.69) is 33.3 Å². The maximum Gasteiger partial charge on any atom is 0.170 e. The van der Waals surface area contributed by atoms with E-state index >= 15 is 0 Å². The molecule has 0 fully saturated rings. The fraction of sp³-hybridized carbons (Fsp3) is 0.421. The van der Waals surface area contributed by atoms with Crippen LogP contribution in [0.1, 0.15) is 40.8 Å². The van der Waals surface area contributed by atoms with Crippen LogP contribution in [-0.2, 0) is 25.8 Å². The van der Waals surface area contributed by atoms with Crippen molar-refractivity contribution < 1.29 is 5.11 Å². The number of nitriles is 1. The van der Waals surface area contributed by atoms with Crippen LogP contribution in [0.3, 0.4) is 0 Å². The first-order valence-corrected chi connectivity index (χ1v) is 8.54. The van der Waals surface area contributed by atoms with Gasteiger partial charge in [-0.05, 0) is 48.8 Å². The lowest BCUT2D eigenvalue weighted by Crippen LogP contribution is -2.44. The van der Waals surface area contributed by atoms with Gasteiger partial charge in [-0.1, -0.05) is 24.3 Å². The minimum absolute atomic E-state index is 0.0397. The fourth-order valence-corrected chi connectivity index (χ4v) is 3.88. The van der Waals surface area contributed by atoms with Gasteiger partial charge in [-0.15, -0.1) is 5.10 Å². The third kappa shape index (κ3) is 2.44. The predicted molar refractivity (Wildman–Crippen MR) is 90.6 cm³/mol. The smallest absolute Gasteiger partial charge is 0.170 e. The number of hydrogen-bond acceptors (Lipinski definition) is 5. The molecule has 1 aliphatic carbocycles. The van der Waals surface area contributed by atoms with E-state index < -0.39 is 0 Å². The van der Waals surface area contributed by atoms with Gasteiger partial charge < -0.3 is 10.0 Å². The first kappa shape index (κ1) is 15.1. The van der Waals surface area contributed by atoms with Crippen molar-refractivity contribution in [3.05, 3.63) is 52.2 Å². The third-order valence-corrected chi connectivity index (χ3v) is 5.18. The van der Waals surface area contributed by atoms with Gasteiger partial charge in [0.1, 0.15) is 11.6 Å². The molecular formula is C19H20N4O. The Bertz CT molecular complexity index is 811. The number of aliphatic hydroxyl groups excluding tert-OH is 1. The molecule has 2 aliphatic rings. The van der Waals surface area contributed by atoms with Crippen molar-refractivity contribution in [2.24, 2.45) is 0 Å². The second-order valence-electron chi connectivity index (χ2n) is 6.58. The molecule has 0 amide bonds. The number of anilines is 1. The van der Waals surface area contributed by atoms with Crippen LogP contribution in [0, 0.1) is 11.3 Å². The average Bonchev–Trinajstić information content (AvgIpc) is 2.65. The normalized spacial score (nSPS) is 19.3. The first-order valence-electron chi connectivity index (χ1n) is 8.54. The molecule has 0 spiro atoms. The zero-order chi connectivity index (χ0) is 16.5. The van der Waals surface area contributed by atoms with Gasteiger partial charge in [-0.25, -0.2) is 0 Å². The molecule has 0 radical (unpaired) electrons. The van der Waals surface area contributed by atoms with Gasteiger partial charge in [0, 0.05) is 6.54 Å². The Morgan fingerprint density at radius 1 is 1.17 bits per heavy atom. The molecule has 0 unspecified atom stereocenters. The molecule has 2 aromatic rings. The monoisotopic (exact) mass is 320 g/mol. The summed E-state index contributed by atoms with van der Waals surface area (Å²) in [5, 5.41) is 28.4. The molecule has 1 N–H and O–H groups in total. The number of aryl methyl sites for hydroxylation is 1. The Morgan fingerprint density at radius 2 is 1.96 bits per heavy atom. The van der Waals surface area contributed by atoms with Crippen LogP contribution in [0.15, 0.2) is 24.3 Å². The van der Waals surface area contributed by atoms with E-state index in [-0.39, 0.29) is 12.6 Å². The van der Waals surface area contributed by atoms with Crippen molar-refractivity contribution in [2.45, 2.75) is 44.7 Å². The van der Waals surface area contributed by atoms with Crippen LogP contribution in [0.5, 0.6) is 0 Å². The summed E-state index contributed by atoms with van der Waals surface area (Å²) < 4.78 is 0. The van der Waals surface area contributed by atoms with Gasteiger partial charge >= 0.3 is 0 Å². The topological polar surface area (TPSA) is 73.0 Å². The maximum absolute atomic E-state index is 9.88. The zero-order valence-corrected chi connectivity index (χ0v) is 13.6. The minimum Gasteiger partial charge on any atom is -0.394 e. The van der Waals surface area contributed by atoms with Gasteiger partial charge in [0.2, 0.25) is 0 Å². The molecule has 2 heterocycles. The summed E-state index contributed by atoms with van der Waals surface area (Å²) in [6.45, 7) is 0.696. The molecule has 1 aliphatic heterocycles. The zero-order valence-electron chi connectivity index (χ0n) is 13.6. The van der Waals surface area contributed by atoms with Gasteiger partial charge in [-0.2, -0.15) is 10.4 Å². The summed E-state index contributed by atoms with van der Waals surface area (Å²) >= 11 is 0. The van der Waals surface area contributed by atoms with Gasteiger partial charge in [0.25, 0.3) is 0 Å². The van der Waals surface area contributed by atoms with Gasteiger partial charge in [0.15, 0.2) is 5.82 Å². The molecule has 1 atom stereocenters. The highest BCUT2D eigenvalue weighted by atomic mass is 16.3. The van der Waals surface area contributed by atoms with Crippen molar-refractivity contribution in [3.63, 3.8) is 0 Å². The highest BCUT2D eigenvalue weighted by Gasteiger charge is 2.30. The van der Waals surface area contributed by atoms with Crippen molar-refractivity contribution in [1.29, 1.82) is 5.26 Å². The van der Waals surface area contributed by atoms with Crippen LogP contribution in [0.4, 0.5) is 5.82 Å². The standard InChI is InChI=1S/C19H20N4O/c20-10-17-16-7-3-4-8-18(16)21-22-19(17)23-11-14-6-2-1-5-13(14)9-15(23)12-24/h1-2,5-6,15,24H,3-4,7-9,11-12H2/t15-/m1/s1. The summed E-state index contributed by atoms with van der Waals surface area (Å²) in [4.78, 5) is 2.06. The van der Waals surface area contributed by atoms with E-state index in [9.17, 15) is 10.4 Å². The number of nitrogens with zero attached hydrogens (tertiary/aromatic N) is 4. The Balaban J connectivity index is 1.79. The van der Waals surface area contributed by atoms with E-state index in [1.165, 1.54) is 11.1 Å². The Hall–Kier alpha value is -2.45. The summed E-state index contributed by atoms with van der Waals surface area (Å²) in [5.74, 6) is 0.631. The Kier molecular flexibility index (Phi) is 3.91. The number of hydrogen-bond donors (Lipinski definition) is 1. The lowest BCUT2D eigenvalue weighted by molar-refractivity contribution is 0.252. The van der Waals surface area contributed by atoms with E-state index in [0.29, 0.717) is 17.9 Å². The van der Waals surface area contributed by atoms with Crippen molar-refractivity contribution in [1.82, 2.24) is 10.2 Å². The third-order valence-electron chi connectivity index (χ3n) is 5.18. The molecule has 5 heteroatoms.